The summed E-state index contributed by atoms with van der Waals surface area (Å²) in [4.78, 5) is 26.4. The van der Waals surface area contributed by atoms with Crippen molar-refractivity contribution in [3.05, 3.63) is 72.3 Å². The molecule has 26 heavy (non-hydrogen) atoms. The largest absolute Gasteiger partial charge is 0.506 e. The van der Waals surface area contributed by atoms with E-state index < -0.39 is 12.1 Å². The number of hydrogen-bond donors (Lipinski definition) is 1. The Hall–Kier alpha value is -3.34. The Bertz CT molecular complexity index is 953. The number of benzene rings is 3. The summed E-state index contributed by atoms with van der Waals surface area (Å²) in [5.74, 6) is -1.25. The molecule has 0 aliphatic carbocycles. The number of hydrogen-bond acceptors (Lipinski definition) is 4. The minimum atomic E-state index is -0.987. The van der Waals surface area contributed by atoms with Crippen molar-refractivity contribution >= 4 is 28.3 Å². The first-order valence-corrected chi connectivity index (χ1v) is 8.23. The minimum Gasteiger partial charge on any atom is -0.506 e. The second-order valence-electron chi connectivity index (χ2n) is 5.96. The molecule has 0 unspecified atom stereocenters. The molecule has 0 aromatic heterocycles. The minimum absolute atomic E-state index is 0.0331. The Kier molecular flexibility index (Phi) is 4.89. The Morgan fingerprint density at radius 2 is 1.62 bits per heavy atom. The predicted molar refractivity (Wildman–Crippen MR) is 100 cm³/mol. The lowest BCUT2D eigenvalue weighted by Crippen LogP contribution is -2.37. The van der Waals surface area contributed by atoms with Crippen molar-refractivity contribution in [1.82, 2.24) is 0 Å². The molecule has 5 heteroatoms. The summed E-state index contributed by atoms with van der Waals surface area (Å²) in [6.45, 7) is 1.51. The average Bonchev–Trinajstić information content (AvgIpc) is 2.67. The molecule has 3 aromatic rings. The van der Waals surface area contributed by atoms with Crippen molar-refractivity contribution in [3.63, 3.8) is 0 Å². The fraction of sp³-hybridized carbons (Fsp3) is 0.143. The van der Waals surface area contributed by atoms with Gasteiger partial charge in [0.25, 0.3) is 5.91 Å². The van der Waals surface area contributed by atoms with Gasteiger partial charge in [-0.3, -0.25) is 4.79 Å². The van der Waals surface area contributed by atoms with Crippen molar-refractivity contribution in [3.8, 4) is 5.75 Å². The normalized spacial score (nSPS) is 11.8. The van der Waals surface area contributed by atoms with E-state index in [1.165, 1.54) is 17.9 Å². The SMILES string of the molecule is C[C@H](OC(=O)c1ccc2ccccc2c1O)C(=O)N(C)c1ccccc1. The van der Waals surface area contributed by atoms with E-state index in [9.17, 15) is 14.7 Å². The number of phenols is 1. The summed E-state index contributed by atoms with van der Waals surface area (Å²) in [6.07, 6.45) is -0.987. The van der Waals surface area contributed by atoms with Crippen LogP contribution in [0, 0.1) is 0 Å². The molecule has 0 spiro atoms. The zero-order chi connectivity index (χ0) is 18.7. The molecule has 0 aliphatic rings. The van der Waals surface area contributed by atoms with Crippen LogP contribution in [0.2, 0.25) is 0 Å². The fourth-order valence-corrected chi connectivity index (χ4v) is 2.75. The van der Waals surface area contributed by atoms with Gasteiger partial charge in [-0.1, -0.05) is 48.5 Å². The monoisotopic (exact) mass is 349 g/mol. The second kappa shape index (κ2) is 7.27. The van der Waals surface area contributed by atoms with Crippen LogP contribution in [0.1, 0.15) is 17.3 Å². The van der Waals surface area contributed by atoms with Crippen LogP contribution in [0.15, 0.2) is 66.7 Å². The van der Waals surface area contributed by atoms with Crippen LogP contribution in [0.25, 0.3) is 10.8 Å². The van der Waals surface area contributed by atoms with Crippen LogP contribution in [-0.2, 0) is 9.53 Å². The molecular formula is C21H19NO4. The quantitative estimate of drug-likeness (QED) is 0.729. The van der Waals surface area contributed by atoms with Gasteiger partial charge in [0.15, 0.2) is 6.10 Å². The smallest absolute Gasteiger partial charge is 0.342 e. The van der Waals surface area contributed by atoms with E-state index in [2.05, 4.69) is 0 Å². The summed E-state index contributed by atoms with van der Waals surface area (Å²) >= 11 is 0. The Morgan fingerprint density at radius 1 is 0.962 bits per heavy atom. The number of amides is 1. The number of nitrogens with zero attached hydrogens (tertiary/aromatic N) is 1. The van der Waals surface area contributed by atoms with Gasteiger partial charge in [0.05, 0.1) is 0 Å². The van der Waals surface area contributed by atoms with Crippen LogP contribution in [0.4, 0.5) is 5.69 Å². The molecule has 0 saturated heterocycles. The van der Waals surface area contributed by atoms with Crippen molar-refractivity contribution in [2.45, 2.75) is 13.0 Å². The van der Waals surface area contributed by atoms with Crippen LogP contribution < -0.4 is 4.90 Å². The number of para-hydroxylation sites is 1. The standard InChI is InChI=1S/C21H19NO4/c1-14(20(24)22(2)16-9-4-3-5-10-16)26-21(25)18-13-12-15-8-6-7-11-17(15)19(18)23/h3-14,23H,1-2H3/t14-/m0/s1. The first-order chi connectivity index (χ1) is 12.5. The van der Waals surface area contributed by atoms with Gasteiger partial charge in [-0.05, 0) is 30.5 Å². The van der Waals surface area contributed by atoms with Crippen molar-refractivity contribution in [2.24, 2.45) is 0 Å². The molecule has 0 aliphatic heterocycles. The first kappa shape index (κ1) is 17.5. The summed E-state index contributed by atoms with van der Waals surface area (Å²) in [7, 11) is 1.62. The van der Waals surface area contributed by atoms with Crippen molar-refractivity contribution in [2.75, 3.05) is 11.9 Å². The number of ether oxygens (including phenoxy) is 1. The van der Waals surface area contributed by atoms with E-state index in [1.807, 2.05) is 30.3 Å². The first-order valence-electron chi connectivity index (χ1n) is 8.23. The molecule has 0 heterocycles. The van der Waals surface area contributed by atoms with E-state index in [-0.39, 0.29) is 17.2 Å². The van der Waals surface area contributed by atoms with Gasteiger partial charge in [-0.25, -0.2) is 4.79 Å². The van der Waals surface area contributed by atoms with E-state index in [1.54, 1.807) is 37.4 Å². The predicted octanol–water partition coefficient (Wildman–Crippen LogP) is 3.75. The highest BCUT2D eigenvalue weighted by Crippen LogP contribution is 2.29. The van der Waals surface area contributed by atoms with Crippen molar-refractivity contribution in [1.29, 1.82) is 0 Å². The highest BCUT2D eigenvalue weighted by Gasteiger charge is 2.24. The van der Waals surface area contributed by atoms with Crippen LogP contribution in [0.3, 0.4) is 0 Å². The topological polar surface area (TPSA) is 66.8 Å². The number of anilines is 1. The zero-order valence-corrected chi connectivity index (χ0v) is 14.5. The van der Waals surface area contributed by atoms with Crippen LogP contribution >= 0.6 is 0 Å². The summed E-state index contributed by atoms with van der Waals surface area (Å²) < 4.78 is 5.28. The van der Waals surface area contributed by atoms with Crippen LogP contribution in [-0.4, -0.2) is 30.1 Å². The zero-order valence-electron chi connectivity index (χ0n) is 14.5. The van der Waals surface area contributed by atoms with Crippen LogP contribution in [0.5, 0.6) is 5.75 Å². The second-order valence-corrected chi connectivity index (χ2v) is 5.96. The van der Waals surface area contributed by atoms with E-state index in [0.717, 1.165) is 5.39 Å². The number of likely N-dealkylation sites (N-methyl/N-ethyl adjacent to an activating group) is 1. The highest BCUT2D eigenvalue weighted by atomic mass is 16.5. The lowest BCUT2D eigenvalue weighted by atomic mass is 10.1. The lowest BCUT2D eigenvalue weighted by Gasteiger charge is -2.21. The summed E-state index contributed by atoms with van der Waals surface area (Å²) in [6, 6.07) is 19.5. The highest BCUT2D eigenvalue weighted by molar-refractivity contribution is 6.03. The fourth-order valence-electron chi connectivity index (χ4n) is 2.75. The molecule has 3 rings (SSSR count). The lowest BCUT2D eigenvalue weighted by molar-refractivity contribution is -0.126. The number of fused-ring (bicyclic) bond motifs is 1. The van der Waals surface area contributed by atoms with Gasteiger partial charge in [-0.15, -0.1) is 0 Å². The molecule has 0 bridgehead atoms. The summed E-state index contributed by atoms with van der Waals surface area (Å²) in [5, 5.41) is 11.7. The number of rotatable bonds is 4. The van der Waals surface area contributed by atoms with Gasteiger partial charge < -0.3 is 14.7 Å². The third-order valence-electron chi connectivity index (χ3n) is 4.23. The molecule has 1 N–H and O–H groups in total. The number of carbonyl (C=O) groups excluding carboxylic acids is 2. The average molecular weight is 349 g/mol. The molecule has 1 atom stereocenters. The number of carbonyl (C=O) groups is 2. The van der Waals surface area contributed by atoms with Gasteiger partial charge in [0, 0.05) is 18.1 Å². The molecule has 1 amide bonds. The Morgan fingerprint density at radius 3 is 2.35 bits per heavy atom. The number of phenolic OH excluding ortho intramolecular Hbond substituents is 1. The maximum atomic E-state index is 12.5. The Labute approximate surface area is 151 Å². The van der Waals surface area contributed by atoms with Gasteiger partial charge >= 0.3 is 5.97 Å². The number of esters is 1. The third kappa shape index (κ3) is 3.37. The molecule has 3 aromatic carbocycles. The maximum Gasteiger partial charge on any atom is 0.342 e. The van der Waals surface area contributed by atoms with E-state index >= 15 is 0 Å². The third-order valence-corrected chi connectivity index (χ3v) is 4.23. The van der Waals surface area contributed by atoms with Gasteiger partial charge in [0.2, 0.25) is 0 Å². The van der Waals surface area contributed by atoms with Gasteiger partial charge in [0.1, 0.15) is 11.3 Å². The van der Waals surface area contributed by atoms with Crippen molar-refractivity contribution < 1.29 is 19.4 Å². The summed E-state index contributed by atoms with van der Waals surface area (Å²) in [5.41, 5.74) is 0.736. The number of aromatic hydroxyl groups is 1. The molecule has 5 nitrogen and oxygen atoms in total. The molecule has 0 fully saturated rings. The van der Waals surface area contributed by atoms with E-state index in [0.29, 0.717) is 11.1 Å². The molecule has 0 saturated carbocycles. The van der Waals surface area contributed by atoms with Gasteiger partial charge in [-0.2, -0.15) is 0 Å². The Balaban J connectivity index is 1.77. The molecule has 132 valence electrons. The molecule has 0 radical (unpaired) electrons. The molecular weight excluding hydrogens is 330 g/mol. The maximum absolute atomic E-state index is 12.5. The van der Waals surface area contributed by atoms with E-state index in [4.69, 9.17) is 4.74 Å².